The van der Waals surface area contributed by atoms with Crippen LogP contribution in [0, 0.1) is 13.8 Å². The molecule has 0 radical (unpaired) electrons. The van der Waals surface area contributed by atoms with Gasteiger partial charge in [-0.05, 0) is 55.2 Å². The minimum atomic E-state index is -3.84. The molecule has 0 aliphatic rings. The molecular formula is C18H22N2O4S. The van der Waals surface area contributed by atoms with Crippen LogP contribution >= 0.6 is 0 Å². The van der Waals surface area contributed by atoms with Gasteiger partial charge in [0.15, 0.2) is 6.61 Å². The lowest BCUT2D eigenvalue weighted by atomic mass is 10.2. The van der Waals surface area contributed by atoms with Crippen LogP contribution in [0.1, 0.15) is 23.6 Å². The van der Waals surface area contributed by atoms with Crippen molar-refractivity contribution in [3.05, 3.63) is 59.2 Å². The van der Waals surface area contributed by atoms with E-state index >= 15 is 0 Å². The highest BCUT2D eigenvalue weighted by atomic mass is 32.2. The Hall–Kier alpha value is -2.38. The molecule has 0 spiro atoms. The first-order valence-corrected chi connectivity index (χ1v) is 9.40. The first-order chi connectivity index (χ1) is 11.8. The number of hydrazine groups is 1. The molecular weight excluding hydrogens is 340 g/mol. The quantitative estimate of drug-likeness (QED) is 0.740. The third kappa shape index (κ3) is 5.30. The summed E-state index contributed by atoms with van der Waals surface area (Å²) in [6.07, 6.45) is 0.918. The number of amides is 1. The fourth-order valence-electron chi connectivity index (χ4n) is 2.18. The van der Waals surface area contributed by atoms with Gasteiger partial charge in [-0.2, -0.15) is 0 Å². The monoisotopic (exact) mass is 362 g/mol. The summed E-state index contributed by atoms with van der Waals surface area (Å²) in [7, 11) is -3.84. The summed E-state index contributed by atoms with van der Waals surface area (Å²) in [5, 5.41) is 0. The number of carbonyl (C=O) groups is 1. The van der Waals surface area contributed by atoms with E-state index in [1.54, 1.807) is 38.1 Å². The molecule has 2 aromatic rings. The molecule has 7 heteroatoms. The lowest BCUT2D eigenvalue weighted by Crippen LogP contribution is -2.43. The minimum absolute atomic E-state index is 0.129. The highest BCUT2D eigenvalue weighted by molar-refractivity contribution is 7.89. The third-order valence-electron chi connectivity index (χ3n) is 3.66. The van der Waals surface area contributed by atoms with Crippen molar-refractivity contribution in [2.75, 3.05) is 6.61 Å². The van der Waals surface area contributed by atoms with Crippen molar-refractivity contribution in [2.24, 2.45) is 0 Å². The number of benzene rings is 2. The zero-order valence-corrected chi connectivity index (χ0v) is 15.3. The second-order valence-corrected chi connectivity index (χ2v) is 7.36. The smallest absolute Gasteiger partial charge is 0.272 e. The zero-order valence-electron chi connectivity index (χ0n) is 14.5. The number of rotatable bonds is 7. The van der Waals surface area contributed by atoms with Gasteiger partial charge in [-0.3, -0.25) is 10.2 Å². The number of nitrogens with one attached hydrogen (secondary N) is 2. The van der Waals surface area contributed by atoms with Crippen LogP contribution in [0.15, 0.2) is 47.4 Å². The number of sulfonamides is 1. The maximum atomic E-state index is 12.3. The number of aryl methyl sites for hydroxylation is 3. The summed E-state index contributed by atoms with van der Waals surface area (Å²) in [4.78, 5) is 14.0. The Morgan fingerprint density at radius 3 is 2.40 bits per heavy atom. The Morgan fingerprint density at radius 2 is 1.76 bits per heavy atom. The predicted molar refractivity (Wildman–Crippen MR) is 95.7 cm³/mol. The molecule has 0 fully saturated rings. The Bertz CT molecular complexity index is 846. The van der Waals surface area contributed by atoms with Gasteiger partial charge in [-0.25, -0.2) is 8.42 Å². The molecule has 0 unspecified atom stereocenters. The van der Waals surface area contributed by atoms with E-state index < -0.39 is 15.9 Å². The zero-order chi connectivity index (χ0) is 18.4. The van der Waals surface area contributed by atoms with Gasteiger partial charge in [0.1, 0.15) is 5.75 Å². The van der Waals surface area contributed by atoms with Crippen LogP contribution in [0.5, 0.6) is 5.75 Å². The van der Waals surface area contributed by atoms with Crippen molar-refractivity contribution in [2.45, 2.75) is 32.1 Å². The summed E-state index contributed by atoms with van der Waals surface area (Å²) in [5.41, 5.74) is 4.74. The van der Waals surface area contributed by atoms with E-state index in [0.717, 1.165) is 17.5 Å². The van der Waals surface area contributed by atoms with Crippen molar-refractivity contribution in [3.63, 3.8) is 0 Å². The molecule has 25 heavy (non-hydrogen) atoms. The molecule has 0 heterocycles. The lowest BCUT2D eigenvalue weighted by molar-refractivity contribution is -0.123. The van der Waals surface area contributed by atoms with Crippen LogP contribution in [0.3, 0.4) is 0 Å². The molecule has 0 saturated heterocycles. The number of hydrogen-bond acceptors (Lipinski definition) is 4. The van der Waals surface area contributed by atoms with Crippen molar-refractivity contribution >= 4 is 15.9 Å². The molecule has 0 aliphatic carbocycles. The molecule has 2 N–H and O–H groups in total. The molecule has 0 aliphatic heterocycles. The standard InChI is InChI=1S/C18H22N2O4S/c1-4-15-7-9-16(10-8-15)24-12-18(21)19-20-25(22,23)17-11-13(2)5-6-14(17)3/h5-11,20H,4,12H2,1-3H3,(H,19,21). The van der Waals surface area contributed by atoms with Crippen LogP contribution in [0.4, 0.5) is 0 Å². The summed E-state index contributed by atoms with van der Waals surface area (Å²) in [6.45, 7) is 5.25. The third-order valence-corrected chi connectivity index (χ3v) is 5.05. The summed E-state index contributed by atoms with van der Waals surface area (Å²) in [5.74, 6) is -0.0433. The van der Waals surface area contributed by atoms with Crippen LogP contribution in [0.25, 0.3) is 0 Å². The topological polar surface area (TPSA) is 84.5 Å². The van der Waals surface area contributed by atoms with Gasteiger partial charge in [0, 0.05) is 0 Å². The minimum Gasteiger partial charge on any atom is -0.484 e. The van der Waals surface area contributed by atoms with E-state index in [9.17, 15) is 13.2 Å². The molecule has 6 nitrogen and oxygen atoms in total. The highest BCUT2D eigenvalue weighted by Crippen LogP contribution is 2.16. The van der Waals surface area contributed by atoms with Gasteiger partial charge in [-0.1, -0.05) is 31.2 Å². The molecule has 0 saturated carbocycles. The first kappa shape index (κ1) is 19.0. The molecule has 0 aromatic heterocycles. The maximum Gasteiger partial charge on any atom is 0.272 e. The van der Waals surface area contributed by atoms with E-state index in [1.807, 2.05) is 25.1 Å². The van der Waals surface area contributed by atoms with E-state index in [1.165, 1.54) is 0 Å². The fourth-order valence-corrected chi connectivity index (χ4v) is 3.37. The molecule has 2 rings (SSSR count). The van der Waals surface area contributed by atoms with Crippen molar-refractivity contribution < 1.29 is 17.9 Å². The van der Waals surface area contributed by atoms with Gasteiger partial charge in [0.25, 0.3) is 15.9 Å². The average molecular weight is 362 g/mol. The van der Waals surface area contributed by atoms with Gasteiger partial charge < -0.3 is 4.74 Å². The highest BCUT2D eigenvalue weighted by Gasteiger charge is 2.17. The largest absolute Gasteiger partial charge is 0.484 e. The normalized spacial score (nSPS) is 11.2. The van der Waals surface area contributed by atoms with Gasteiger partial charge in [0.05, 0.1) is 4.90 Å². The second-order valence-electron chi connectivity index (χ2n) is 5.71. The van der Waals surface area contributed by atoms with Gasteiger partial charge in [0.2, 0.25) is 0 Å². The van der Waals surface area contributed by atoms with Crippen LogP contribution in [-0.2, 0) is 21.2 Å². The van der Waals surface area contributed by atoms with Crippen molar-refractivity contribution in [3.8, 4) is 5.75 Å². The summed E-state index contributed by atoms with van der Waals surface area (Å²) < 4.78 is 29.9. The summed E-state index contributed by atoms with van der Waals surface area (Å²) >= 11 is 0. The second kappa shape index (κ2) is 8.13. The van der Waals surface area contributed by atoms with E-state index in [0.29, 0.717) is 11.3 Å². The Labute approximate surface area is 148 Å². The number of hydrogen-bond donors (Lipinski definition) is 2. The first-order valence-electron chi connectivity index (χ1n) is 7.91. The molecule has 2 aromatic carbocycles. The Morgan fingerprint density at radius 1 is 1.08 bits per heavy atom. The SMILES string of the molecule is CCc1ccc(OCC(=O)NNS(=O)(=O)c2cc(C)ccc2C)cc1. The van der Waals surface area contributed by atoms with E-state index in [2.05, 4.69) is 10.3 Å². The predicted octanol–water partition coefficient (Wildman–Crippen LogP) is 2.25. The maximum absolute atomic E-state index is 12.3. The Balaban J connectivity index is 1.91. The van der Waals surface area contributed by atoms with Gasteiger partial charge in [-0.15, -0.1) is 4.83 Å². The Kier molecular flexibility index (Phi) is 6.17. The molecule has 0 bridgehead atoms. The summed E-state index contributed by atoms with van der Waals surface area (Å²) in [6, 6.07) is 12.5. The number of carbonyl (C=O) groups excluding carboxylic acids is 1. The van der Waals surface area contributed by atoms with Crippen LogP contribution < -0.4 is 15.0 Å². The molecule has 134 valence electrons. The van der Waals surface area contributed by atoms with E-state index in [-0.39, 0.29) is 11.5 Å². The number of ether oxygens (including phenoxy) is 1. The lowest BCUT2D eigenvalue weighted by Gasteiger charge is -2.11. The molecule has 0 atom stereocenters. The van der Waals surface area contributed by atoms with E-state index in [4.69, 9.17) is 4.74 Å². The van der Waals surface area contributed by atoms with Crippen LogP contribution in [0.2, 0.25) is 0 Å². The van der Waals surface area contributed by atoms with Crippen LogP contribution in [-0.4, -0.2) is 20.9 Å². The molecule has 1 amide bonds. The average Bonchev–Trinajstić information content (AvgIpc) is 2.60. The van der Waals surface area contributed by atoms with Crippen molar-refractivity contribution in [1.82, 2.24) is 10.3 Å². The fraction of sp³-hybridized carbons (Fsp3) is 0.278. The van der Waals surface area contributed by atoms with Gasteiger partial charge >= 0.3 is 0 Å². The van der Waals surface area contributed by atoms with Crippen molar-refractivity contribution in [1.29, 1.82) is 0 Å².